The molecule has 1 heterocycles. The Bertz CT molecular complexity index is 1660. The summed E-state index contributed by atoms with van der Waals surface area (Å²) < 4.78 is 13.8. The highest BCUT2D eigenvalue weighted by molar-refractivity contribution is 5.90. The van der Waals surface area contributed by atoms with Crippen molar-refractivity contribution in [3.8, 4) is 5.69 Å². The van der Waals surface area contributed by atoms with Crippen LogP contribution in [0.15, 0.2) is 53.3 Å². The summed E-state index contributed by atoms with van der Waals surface area (Å²) in [5.41, 5.74) is 4.32. The van der Waals surface area contributed by atoms with Gasteiger partial charge in [-0.05, 0) is 130 Å². The summed E-state index contributed by atoms with van der Waals surface area (Å²) >= 11 is 0. The van der Waals surface area contributed by atoms with Gasteiger partial charge in [0.15, 0.2) is 0 Å². The predicted octanol–water partition coefficient (Wildman–Crippen LogP) is 7.21. The Morgan fingerprint density at radius 1 is 1.02 bits per heavy atom. The first-order valence-electron chi connectivity index (χ1n) is 18.6. The van der Waals surface area contributed by atoms with Gasteiger partial charge in [-0.25, -0.2) is 9.48 Å². The third kappa shape index (κ3) is 6.27. The number of aryl methyl sites for hydroxylation is 1. The fourth-order valence-corrected chi connectivity index (χ4v) is 11.2. The predicted molar refractivity (Wildman–Crippen MR) is 191 cm³/mol. The number of hydrogen-bond donors (Lipinski definition) is 2. The van der Waals surface area contributed by atoms with Crippen LogP contribution in [-0.2, 0) is 25.7 Å². The lowest BCUT2D eigenvalue weighted by Crippen LogP contribution is -2.65. The van der Waals surface area contributed by atoms with Crippen LogP contribution in [0.4, 0.5) is 0 Å². The molecule has 2 N–H and O–H groups in total. The van der Waals surface area contributed by atoms with Crippen LogP contribution in [0.2, 0.25) is 0 Å². The molecule has 0 aliphatic heterocycles. The molecular formula is C41H57N3O6. The van der Waals surface area contributed by atoms with E-state index in [-0.39, 0.29) is 52.7 Å². The Morgan fingerprint density at radius 3 is 2.42 bits per heavy atom. The number of nitrogens with zero attached hydrogens (tertiary/aromatic N) is 3. The van der Waals surface area contributed by atoms with E-state index in [4.69, 9.17) is 9.47 Å². The second kappa shape index (κ2) is 13.7. The Kier molecular flexibility index (Phi) is 9.98. The molecule has 0 saturated heterocycles. The second-order valence-corrected chi connectivity index (χ2v) is 16.9. The Morgan fingerprint density at radius 2 is 1.74 bits per heavy atom. The molecule has 0 unspecified atom stereocenters. The highest BCUT2D eigenvalue weighted by atomic mass is 16.5. The van der Waals surface area contributed by atoms with Crippen LogP contribution < -0.4 is 0 Å². The van der Waals surface area contributed by atoms with Gasteiger partial charge in [0.1, 0.15) is 18.4 Å². The summed E-state index contributed by atoms with van der Waals surface area (Å²) in [4.78, 5) is 26.9. The molecule has 9 nitrogen and oxygen atoms in total. The fourth-order valence-electron chi connectivity index (χ4n) is 11.2. The van der Waals surface area contributed by atoms with Crippen LogP contribution >= 0.6 is 0 Å². The zero-order valence-corrected chi connectivity index (χ0v) is 31.2. The molecule has 0 amide bonds. The molecule has 6 rings (SSSR count). The number of aliphatic hydroxyl groups excluding tert-OH is 2. The zero-order valence-electron chi connectivity index (χ0n) is 31.2. The van der Waals surface area contributed by atoms with E-state index in [0.717, 1.165) is 48.1 Å². The number of allylic oxidation sites excluding steroid dienone is 2. The van der Waals surface area contributed by atoms with Crippen LogP contribution in [-0.4, -0.2) is 55.5 Å². The van der Waals surface area contributed by atoms with Crippen LogP contribution in [0.3, 0.4) is 0 Å². The summed E-state index contributed by atoms with van der Waals surface area (Å²) in [6.45, 7) is 16.7. The van der Waals surface area contributed by atoms with Crippen molar-refractivity contribution < 1.29 is 29.3 Å². The molecule has 1 aromatic heterocycles. The molecule has 272 valence electrons. The van der Waals surface area contributed by atoms with E-state index in [0.29, 0.717) is 42.9 Å². The molecule has 0 spiro atoms. The van der Waals surface area contributed by atoms with Crippen molar-refractivity contribution in [3.63, 3.8) is 0 Å². The van der Waals surface area contributed by atoms with Gasteiger partial charge in [-0.15, -0.1) is 5.10 Å². The van der Waals surface area contributed by atoms with Crippen LogP contribution in [0.25, 0.3) is 5.69 Å². The summed E-state index contributed by atoms with van der Waals surface area (Å²) in [6, 6.07) is 7.94. The molecule has 9 heteroatoms. The quantitative estimate of drug-likeness (QED) is 0.170. The Balaban J connectivity index is 1.36. The largest absolute Gasteiger partial charge is 0.458 e. The summed E-state index contributed by atoms with van der Waals surface area (Å²) in [5.74, 6) is -0.448. The number of rotatable bonds is 8. The van der Waals surface area contributed by atoms with E-state index in [2.05, 4.69) is 44.1 Å². The third-order valence-electron chi connectivity index (χ3n) is 13.7. The number of aliphatic hydroxyl groups is 2. The Hall–Kier alpha value is -3.30. The first kappa shape index (κ1) is 36.5. The van der Waals surface area contributed by atoms with Crippen molar-refractivity contribution in [1.82, 2.24) is 15.0 Å². The van der Waals surface area contributed by atoms with Crippen molar-refractivity contribution in [3.05, 3.63) is 64.5 Å². The Labute approximate surface area is 297 Å². The van der Waals surface area contributed by atoms with Gasteiger partial charge in [0, 0.05) is 12.5 Å². The highest BCUT2D eigenvalue weighted by Crippen LogP contribution is 2.74. The van der Waals surface area contributed by atoms with Crippen LogP contribution in [0, 0.1) is 46.8 Å². The molecular weight excluding hydrogens is 630 g/mol. The SMILES string of the molecule is CC(=O)O[C@H]1C[C@@]2(C)[C@@H](C[C@@H](O)[C@H]3[C@@]4(C)CC[C@@H](O)[C@@H](C)[C@@H]4CC[C@@]32C)/C1=C(\CCC=C(C)C)C(=O)OCc1cn(-c2ccc(C)cc2)nn1. The minimum Gasteiger partial charge on any atom is -0.458 e. The first-order chi connectivity index (χ1) is 23.6. The van der Waals surface area contributed by atoms with Crippen molar-refractivity contribution in [2.45, 2.75) is 132 Å². The molecule has 1 aromatic carbocycles. The van der Waals surface area contributed by atoms with Crippen LogP contribution in [0.1, 0.15) is 111 Å². The number of fused-ring (bicyclic) bond motifs is 5. The van der Waals surface area contributed by atoms with E-state index in [9.17, 15) is 19.8 Å². The second-order valence-electron chi connectivity index (χ2n) is 16.9. The number of esters is 2. The van der Waals surface area contributed by atoms with Gasteiger partial charge >= 0.3 is 11.9 Å². The lowest BCUT2D eigenvalue weighted by molar-refractivity contribution is -0.234. The highest BCUT2D eigenvalue weighted by Gasteiger charge is 2.70. The van der Waals surface area contributed by atoms with Gasteiger partial charge < -0.3 is 19.7 Å². The minimum absolute atomic E-state index is 0.0273. The molecule has 0 radical (unpaired) electrons. The van der Waals surface area contributed by atoms with Crippen molar-refractivity contribution in [2.75, 3.05) is 0 Å². The van der Waals surface area contributed by atoms with Crippen LogP contribution in [0.5, 0.6) is 0 Å². The first-order valence-corrected chi connectivity index (χ1v) is 18.6. The number of benzene rings is 1. The van der Waals surface area contributed by atoms with E-state index < -0.39 is 18.2 Å². The maximum absolute atomic E-state index is 14.3. The molecule has 0 bridgehead atoms. The number of ether oxygens (including phenoxy) is 2. The monoisotopic (exact) mass is 687 g/mol. The number of hydrogen-bond acceptors (Lipinski definition) is 8. The molecule has 50 heavy (non-hydrogen) atoms. The smallest absolute Gasteiger partial charge is 0.334 e. The standard InChI is InChI=1S/C41H57N3O6/c1-24(2)10-9-11-30(38(48)49-23-28-22-44(43-42-28)29-14-12-25(3)13-15-29)36-32-20-34(47)37-39(6)18-17-33(46)26(4)31(39)16-19-40(37,7)41(32,8)21-35(36)50-27(5)45/h10,12-15,22,26,31-35,37,46-47H,9,11,16-21,23H2,1-8H3/b36-30-/t26-,31-,32-,33+,34+,35-,37-,39-,40-,41-/m0/s1. The number of carbonyl (C=O) groups is 2. The van der Waals surface area contributed by atoms with E-state index in [1.54, 1.807) is 10.9 Å². The van der Waals surface area contributed by atoms with Crippen molar-refractivity contribution >= 4 is 11.9 Å². The summed E-state index contributed by atoms with van der Waals surface area (Å²) in [5, 5.41) is 31.6. The molecule has 10 atom stereocenters. The van der Waals surface area contributed by atoms with Gasteiger partial charge in [0.25, 0.3) is 0 Å². The molecule has 4 aliphatic rings. The van der Waals surface area contributed by atoms with Gasteiger partial charge in [-0.2, -0.15) is 0 Å². The van der Waals surface area contributed by atoms with Crippen molar-refractivity contribution in [1.29, 1.82) is 0 Å². The summed E-state index contributed by atoms with van der Waals surface area (Å²) in [6.07, 6.45) is 8.07. The molecule has 2 aromatic rings. The lowest BCUT2D eigenvalue weighted by Gasteiger charge is -2.69. The molecule has 4 fully saturated rings. The minimum atomic E-state index is -0.591. The average Bonchev–Trinajstić information content (AvgIpc) is 3.63. The van der Waals surface area contributed by atoms with E-state index >= 15 is 0 Å². The van der Waals surface area contributed by atoms with Gasteiger partial charge in [-0.1, -0.05) is 62.3 Å². The molecule has 4 saturated carbocycles. The van der Waals surface area contributed by atoms with Crippen molar-refractivity contribution in [2.24, 2.45) is 39.9 Å². The van der Waals surface area contributed by atoms with Gasteiger partial charge in [0.05, 0.1) is 24.1 Å². The maximum atomic E-state index is 14.3. The van der Waals surface area contributed by atoms with Gasteiger partial charge in [0.2, 0.25) is 0 Å². The third-order valence-corrected chi connectivity index (χ3v) is 13.7. The molecule has 4 aliphatic carbocycles. The van der Waals surface area contributed by atoms with Gasteiger partial charge in [-0.3, -0.25) is 4.79 Å². The van der Waals surface area contributed by atoms with E-state index in [1.807, 2.05) is 45.0 Å². The topological polar surface area (TPSA) is 124 Å². The zero-order chi connectivity index (χ0) is 36.2. The maximum Gasteiger partial charge on any atom is 0.334 e. The number of aromatic nitrogens is 3. The normalized spacial score (nSPS) is 37.2. The lowest BCUT2D eigenvalue weighted by atomic mass is 9.36. The summed E-state index contributed by atoms with van der Waals surface area (Å²) in [7, 11) is 0. The van der Waals surface area contributed by atoms with E-state index in [1.165, 1.54) is 6.92 Å². The average molecular weight is 688 g/mol. The number of carbonyl (C=O) groups excluding carboxylic acids is 2. The fraction of sp³-hybridized carbons (Fsp3) is 0.659.